The molecule has 1 aliphatic heterocycles. The SMILES string of the molecule is CCC(C)(C)NC(=O)C(C)N1CCC(CCC(=O)O)CC1. The van der Waals surface area contributed by atoms with E-state index in [0.717, 1.165) is 38.8 Å². The third kappa shape index (κ3) is 6.04. The number of rotatable bonds is 7. The summed E-state index contributed by atoms with van der Waals surface area (Å²) >= 11 is 0. The number of hydrogen-bond acceptors (Lipinski definition) is 3. The van der Waals surface area contributed by atoms with Crippen LogP contribution < -0.4 is 5.32 Å². The lowest BCUT2D eigenvalue weighted by Crippen LogP contribution is -2.53. The van der Waals surface area contributed by atoms with Crippen molar-refractivity contribution in [3.63, 3.8) is 0 Å². The smallest absolute Gasteiger partial charge is 0.303 e. The van der Waals surface area contributed by atoms with Gasteiger partial charge in [0.2, 0.25) is 5.91 Å². The van der Waals surface area contributed by atoms with Gasteiger partial charge in [0.25, 0.3) is 0 Å². The number of nitrogens with one attached hydrogen (secondary N) is 1. The van der Waals surface area contributed by atoms with E-state index in [4.69, 9.17) is 5.11 Å². The summed E-state index contributed by atoms with van der Waals surface area (Å²) in [6.07, 6.45) is 3.89. The summed E-state index contributed by atoms with van der Waals surface area (Å²) in [5, 5.41) is 11.8. The van der Waals surface area contributed by atoms with Gasteiger partial charge in [-0.05, 0) is 65.5 Å². The van der Waals surface area contributed by atoms with Gasteiger partial charge in [-0.15, -0.1) is 0 Å². The standard InChI is InChI=1S/C16H30N2O3/c1-5-16(3,4)17-15(21)12(2)18-10-8-13(9-11-18)6-7-14(19)20/h12-13H,5-11H2,1-4H3,(H,17,21)(H,19,20). The second-order valence-corrected chi connectivity index (χ2v) is 6.81. The predicted molar refractivity (Wildman–Crippen MR) is 83.1 cm³/mol. The summed E-state index contributed by atoms with van der Waals surface area (Å²) in [7, 11) is 0. The van der Waals surface area contributed by atoms with Crippen LogP contribution >= 0.6 is 0 Å². The normalized spacial score (nSPS) is 19.2. The number of nitrogens with zero attached hydrogens (tertiary/aromatic N) is 1. The van der Waals surface area contributed by atoms with Gasteiger partial charge in [0.05, 0.1) is 6.04 Å². The molecule has 1 rings (SSSR count). The fourth-order valence-electron chi connectivity index (χ4n) is 2.65. The molecule has 1 atom stereocenters. The molecule has 0 spiro atoms. The summed E-state index contributed by atoms with van der Waals surface area (Å²) in [6.45, 7) is 9.86. The highest BCUT2D eigenvalue weighted by molar-refractivity contribution is 5.82. The Morgan fingerprint density at radius 1 is 1.33 bits per heavy atom. The highest BCUT2D eigenvalue weighted by Gasteiger charge is 2.29. The predicted octanol–water partition coefficient (Wildman–Crippen LogP) is 2.26. The van der Waals surface area contributed by atoms with Gasteiger partial charge < -0.3 is 10.4 Å². The number of piperidine rings is 1. The van der Waals surface area contributed by atoms with Crippen LogP contribution in [0.25, 0.3) is 0 Å². The van der Waals surface area contributed by atoms with E-state index in [9.17, 15) is 9.59 Å². The molecule has 0 radical (unpaired) electrons. The first kappa shape index (κ1) is 18.0. The molecule has 1 fully saturated rings. The number of amides is 1. The number of carbonyl (C=O) groups is 2. The first-order valence-electron chi connectivity index (χ1n) is 8.03. The van der Waals surface area contributed by atoms with Gasteiger partial charge in [0.1, 0.15) is 0 Å². The minimum absolute atomic E-state index is 0.0887. The molecule has 21 heavy (non-hydrogen) atoms. The van der Waals surface area contributed by atoms with E-state index in [1.807, 2.05) is 20.8 Å². The average Bonchev–Trinajstić information content (AvgIpc) is 2.44. The number of likely N-dealkylation sites (tertiary alicyclic amines) is 1. The minimum Gasteiger partial charge on any atom is -0.481 e. The maximum atomic E-state index is 12.3. The molecule has 1 saturated heterocycles. The molecular weight excluding hydrogens is 268 g/mol. The Morgan fingerprint density at radius 3 is 2.38 bits per heavy atom. The second-order valence-electron chi connectivity index (χ2n) is 6.81. The molecule has 5 heteroatoms. The molecule has 0 saturated carbocycles. The molecule has 0 aromatic rings. The Bertz CT molecular complexity index is 361. The zero-order valence-corrected chi connectivity index (χ0v) is 13.8. The van der Waals surface area contributed by atoms with Gasteiger partial charge in [0.15, 0.2) is 0 Å². The molecule has 1 amide bonds. The van der Waals surface area contributed by atoms with Crippen molar-refractivity contribution in [1.82, 2.24) is 10.2 Å². The van der Waals surface area contributed by atoms with Crippen molar-refractivity contribution in [1.29, 1.82) is 0 Å². The van der Waals surface area contributed by atoms with E-state index >= 15 is 0 Å². The Kier molecular flexibility index (Phi) is 6.65. The van der Waals surface area contributed by atoms with Crippen LogP contribution in [-0.4, -0.2) is 46.6 Å². The molecule has 0 aliphatic carbocycles. The van der Waals surface area contributed by atoms with Crippen LogP contribution in [0.4, 0.5) is 0 Å². The second kappa shape index (κ2) is 7.78. The summed E-state index contributed by atoms with van der Waals surface area (Å²) in [4.78, 5) is 25.1. The molecule has 1 aliphatic rings. The highest BCUT2D eigenvalue weighted by Crippen LogP contribution is 2.23. The van der Waals surface area contributed by atoms with Crippen molar-refractivity contribution < 1.29 is 14.7 Å². The molecule has 2 N–H and O–H groups in total. The number of aliphatic carboxylic acids is 1. The summed E-state index contributed by atoms with van der Waals surface area (Å²) < 4.78 is 0. The van der Waals surface area contributed by atoms with Crippen LogP contribution in [0.1, 0.15) is 59.8 Å². The Labute approximate surface area is 128 Å². The van der Waals surface area contributed by atoms with Crippen molar-refractivity contribution >= 4 is 11.9 Å². The van der Waals surface area contributed by atoms with E-state index in [-0.39, 0.29) is 23.9 Å². The minimum atomic E-state index is -0.716. The molecule has 0 aromatic heterocycles. The lowest BCUT2D eigenvalue weighted by molar-refractivity contribution is -0.137. The number of carbonyl (C=O) groups excluding carboxylic acids is 1. The summed E-state index contributed by atoms with van der Waals surface area (Å²) in [5.41, 5.74) is -0.162. The number of carboxylic acid groups (broad SMARTS) is 1. The largest absolute Gasteiger partial charge is 0.481 e. The maximum Gasteiger partial charge on any atom is 0.303 e. The van der Waals surface area contributed by atoms with Crippen molar-refractivity contribution in [2.45, 2.75) is 71.4 Å². The average molecular weight is 298 g/mol. The van der Waals surface area contributed by atoms with E-state index in [0.29, 0.717) is 5.92 Å². The first-order valence-corrected chi connectivity index (χ1v) is 8.03. The molecule has 0 aromatic carbocycles. The first-order chi connectivity index (χ1) is 9.75. The van der Waals surface area contributed by atoms with E-state index in [2.05, 4.69) is 17.1 Å². The summed E-state index contributed by atoms with van der Waals surface area (Å²) in [6, 6.07) is -0.115. The molecule has 122 valence electrons. The van der Waals surface area contributed by atoms with E-state index in [1.54, 1.807) is 0 Å². The van der Waals surface area contributed by atoms with Gasteiger partial charge in [0, 0.05) is 12.0 Å². The molecule has 1 heterocycles. The molecular formula is C16H30N2O3. The van der Waals surface area contributed by atoms with Crippen LogP contribution in [0.2, 0.25) is 0 Å². The van der Waals surface area contributed by atoms with Crippen LogP contribution in [0, 0.1) is 5.92 Å². The van der Waals surface area contributed by atoms with Gasteiger partial charge >= 0.3 is 5.97 Å². The van der Waals surface area contributed by atoms with Gasteiger partial charge in [-0.2, -0.15) is 0 Å². The fraction of sp³-hybridized carbons (Fsp3) is 0.875. The topological polar surface area (TPSA) is 69.6 Å². The van der Waals surface area contributed by atoms with Crippen molar-refractivity contribution in [3.05, 3.63) is 0 Å². The third-order valence-electron chi connectivity index (χ3n) is 4.69. The Balaban J connectivity index is 2.39. The maximum absolute atomic E-state index is 12.3. The monoisotopic (exact) mass is 298 g/mol. The molecule has 5 nitrogen and oxygen atoms in total. The summed E-state index contributed by atoms with van der Waals surface area (Å²) in [5.74, 6) is -0.141. The lowest BCUT2D eigenvalue weighted by atomic mass is 9.91. The van der Waals surface area contributed by atoms with Crippen molar-refractivity contribution in [2.75, 3.05) is 13.1 Å². The number of hydrogen-bond donors (Lipinski definition) is 2. The van der Waals surface area contributed by atoms with E-state index in [1.165, 1.54) is 0 Å². The Hall–Kier alpha value is -1.10. The zero-order chi connectivity index (χ0) is 16.0. The van der Waals surface area contributed by atoms with Gasteiger partial charge in [-0.1, -0.05) is 6.92 Å². The molecule has 1 unspecified atom stereocenters. The highest BCUT2D eigenvalue weighted by atomic mass is 16.4. The quantitative estimate of drug-likeness (QED) is 0.756. The van der Waals surface area contributed by atoms with Crippen molar-refractivity contribution in [2.24, 2.45) is 5.92 Å². The van der Waals surface area contributed by atoms with Gasteiger partial charge in [-0.3, -0.25) is 14.5 Å². The van der Waals surface area contributed by atoms with Crippen LogP contribution in [-0.2, 0) is 9.59 Å². The third-order valence-corrected chi connectivity index (χ3v) is 4.69. The lowest BCUT2D eigenvalue weighted by Gasteiger charge is -2.36. The molecule has 0 bridgehead atoms. The van der Waals surface area contributed by atoms with Crippen molar-refractivity contribution in [3.8, 4) is 0 Å². The number of carboxylic acids is 1. The Morgan fingerprint density at radius 2 is 1.90 bits per heavy atom. The van der Waals surface area contributed by atoms with Crippen LogP contribution in [0.3, 0.4) is 0 Å². The van der Waals surface area contributed by atoms with Crippen LogP contribution in [0.15, 0.2) is 0 Å². The van der Waals surface area contributed by atoms with Crippen LogP contribution in [0.5, 0.6) is 0 Å². The fourth-order valence-corrected chi connectivity index (χ4v) is 2.65. The van der Waals surface area contributed by atoms with E-state index < -0.39 is 5.97 Å². The van der Waals surface area contributed by atoms with Gasteiger partial charge in [-0.25, -0.2) is 0 Å². The zero-order valence-electron chi connectivity index (χ0n) is 13.8.